The van der Waals surface area contributed by atoms with E-state index >= 15 is 0 Å². The lowest BCUT2D eigenvalue weighted by Gasteiger charge is -2.34. The highest BCUT2D eigenvalue weighted by Crippen LogP contribution is 2.30. The Morgan fingerprint density at radius 2 is 1.97 bits per heavy atom. The molecule has 162 valence electrons. The molecule has 1 saturated heterocycles. The van der Waals surface area contributed by atoms with Gasteiger partial charge in [0.2, 0.25) is 5.91 Å². The number of benzene rings is 1. The molecule has 0 bridgehead atoms. The number of anilines is 1. The predicted molar refractivity (Wildman–Crippen MR) is 121 cm³/mol. The maximum atomic E-state index is 13.2. The van der Waals surface area contributed by atoms with Crippen LogP contribution in [0.15, 0.2) is 36.7 Å². The van der Waals surface area contributed by atoms with Gasteiger partial charge in [-0.1, -0.05) is 36.8 Å². The number of carbonyl (C=O) groups excluding carboxylic acids is 1. The highest BCUT2D eigenvalue weighted by molar-refractivity contribution is 5.85. The van der Waals surface area contributed by atoms with Gasteiger partial charge in [-0.25, -0.2) is 15.0 Å². The molecule has 0 saturated carbocycles. The Kier molecular flexibility index (Phi) is 5.57. The summed E-state index contributed by atoms with van der Waals surface area (Å²) in [6, 6.07) is 10.2. The quantitative estimate of drug-likeness (QED) is 0.649. The minimum atomic E-state index is -0.0204. The van der Waals surface area contributed by atoms with E-state index in [9.17, 15) is 4.79 Å². The second-order valence-corrected chi connectivity index (χ2v) is 8.82. The van der Waals surface area contributed by atoms with Crippen LogP contribution in [0.5, 0.6) is 0 Å². The minimum Gasteiger partial charge on any atom is -0.354 e. The summed E-state index contributed by atoms with van der Waals surface area (Å²) >= 11 is 0. The highest BCUT2D eigenvalue weighted by atomic mass is 16.2. The van der Waals surface area contributed by atoms with Crippen molar-refractivity contribution in [2.24, 2.45) is 5.92 Å². The molecule has 1 fully saturated rings. The Hall–Kier alpha value is -2.96. The van der Waals surface area contributed by atoms with Crippen LogP contribution in [0, 0.1) is 5.92 Å². The van der Waals surface area contributed by atoms with Crippen molar-refractivity contribution in [2.45, 2.75) is 51.6 Å². The molecule has 1 amide bonds. The Labute approximate surface area is 183 Å². The molecule has 5 rings (SSSR count). The average molecular weight is 419 g/mol. The number of carbonyl (C=O) groups is 1. The van der Waals surface area contributed by atoms with Gasteiger partial charge in [0.05, 0.1) is 5.92 Å². The normalized spacial score (nSPS) is 19.1. The largest absolute Gasteiger partial charge is 0.354 e. The number of hydrogen-bond acceptors (Lipinski definition) is 5. The first-order valence-corrected chi connectivity index (χ1v) is 11.4. The smallest absolute Gasteiger partial charge is 0.227 e. The van der Waals surface area contributed by atoms with Crippen molar-refractivity contribution in [1.29, 1.82) is 0 Å². The predicted octanol–water partition coefficient (Wildman–Crippen LogP) is 3.43. The molecule has 0 N–H and O–H groups in total. The number of imidazole rings is 1. The molecule has 0 unspecified atom stereocenters. The fraction of sp³-hybridized carbons (Fsp3) is 0.500. The summed E-state index contributed by atoms with van der Waals surface area (Å²) in [6.07, 6.45) is 8.16. The molecule has 4 heterocycles. The van der Waals surface area contributed by atoms with Crippen LogP contribution in [0.1, 0.15) is 43.5 Å². The fourth-order valence-corrected chi connectivity index (χ4v) is 4.97. The van der Waals surface area contributed by atoms with Gasteiger partial charge in [0.1, 0.15) is 12.2 Å². The lowest BCUT2D eigenvalue weighted by Crippen LogP contribution is -2.44. The third-order valence-electron chi connectivity index (χ3n) is 6.58. The molecule has 1 atom stereocenters. The van der Waals surface area contributed by atoms with E-state index in [-0.39, 0.29) is 11.8 Å². The van der Waals surface area contributed by atoms with E-state index in [4.69, 9.17) is 4.98 Å². The summed E-state index contributed by atoms with van der Waals surface area (Å²) in [5.74, 6) is 2.20. The standard InChI is InChI=1S/C24H30N6O/c1-28(15-18-9-4-2-5-10-18)24(31)19-11-8-13-29(16-19)22-21-23(26-17-25-22)30-14-7-3-6-12-20(30)27-21/h2,4-5,9-10,17,19H,3,6-8,11-16H2,1H3/t19-/m1/s1. The van der Waals surface area contributed by atoms with Crippen LogP contribution in [0.2, 0.25) is 0 Å². The van der Waals surface area contributed by atoms with Gasteiger partial charge in [-0.2, -0.15) is 0 Å². The molecule has 7 heteroatoms. The fourth-order valence-electron chi connectivity index (χ4n) is 4.97. The number of amides is 1. The lowest BCUT2D eigenvalue weighted by atomic mass is 9.96. The van der Waals surface area contributed by atoms with Crippen LogP contribution in [-0.4, -0.2) is 50.5 Å². The van der Waals surface area contributed by atoms with Crippen molar-refractivity contribution >= 4 is 22.9 Å². The van der Waals surface area contributed by atoms with E-state index in [0.29, 0.717) is 13.1 Å². The van der Waals surface area contributed by atoms with Crippen LogP contribution >= 0.6 is 0 Å². The van der Waals surface area contributed by atoms with E-state index in [2.05, 4.69) is 31.6 Å². The number of nitrogens with zero attached hydrogens (tertiary/aromatic N) is 6. The van der Waals surface area contributed by atoms with Crippen LogP contribution in [0.3, 0.4) is 0 Å². The average Bonchev–Trinajstić information content (AvgIpc) is 3.00. The summed E-state index contributed by atoms with van der Waals surface area (Å²) in [4.78, 5) is 31.4. The van der Waals surface area contributed by atoms with Gasteiger partial charge in [-0.15, -0.1) is 0 Å². The number of aryl methyl sites for hydroxylation is 2. The molecule has 2 aliphatic rings. The summed E-state index contributed by atoms with van der Waals surface area (Å²) in [5, 5.41) is 0. The van der Waals surface area contributed by atoms with E-state index in [0.717, 1.165) is 60.7 Å². The molecule has 2 aliphatic heterocycles. The summed E-state index contributed by atoms with van der Waals surface area (Å²) in [7, 11) is 1.91. The topological polar surface area (TPSA) is 67.2 Å². The van der Waals surface area contributed by atoms with Gasteiger partial charge in [-0.3, -0.25) is 4.79 Å². The number of fused-ring (bicyclic) bond motifs is 3. The summed E-state index contributed by atoms with van der Waals surface area (Å²) in [6.45, 7) is 3.21. The van der Waals surface area contributed by atoms with Crippen molar-refractivity contribution in [3.05, 3.63) is 48.0 Å². The maximum absolute atomic E-state index is 13.2. The lowest BCUT2D eigenvalue weighted by molar-refractivity contribution is -0.135. The molecule has 0 aliphatic carbocycles. The first-order valence-electron chi connectivity index (χ1n) is 11.4. The molecular formula is C24H30N6O. The van der Waals surface area contributed by atoms with E-state index in [1.165, 1.54) is 19.3 Å². The zero-order valence-corrected chi connectivity index (χ0v) is 18.2. The third kappa shape index (κ3) is 4.01. The number of hydrogen-bond donors (Lipinski definition) is 0. The van der Waals surface area contributed by atoms with Crippen molar-refractivity contribution in [2.75, 3.05) is 25.0 Å². The van der Waals surface area contributed by atoms with Crippen LogP contribution in [0.25, 0.3) is 11.2 Å². The number of rotatable bonds is 4. The number of piperidine rings is 1. The minimum absolute atomic E-state index is 0.0204. The maximum Gasteiger partial charge on any atom is 0.227 e. The van der Waals surface area contributed by atoms with Gasteiger partial charge in [0, 0.05) is 39.6 Å². The molecular weight excluding hydrogens is 388 g/mol. The van der Waals surface area contributed by atoms with Gasteiger partial charge in [0.15, 0.2) is 17.0 Å². The van der Waals surface area contributed by atoms with Crippen molar-refractivity contribution < 1.29 is 4.79 Å². The number of aromatic nitrogens is 4. The van der Waals surface area contributed by atoms with Crippen molar-refractivity contribution in [3.8, 4) is 0 Å². The second kappa shape index (κ2) is 8.65. The monoisotopic (exact) mass is 418 g/mol. The van der Waals surface area contributed by atoms with Crippen LogP contribution in [-0.2, 0) is 24.3 Å². The first kappa shape index (κ1) is 20.0. The summed E-state index contributed by atoms with van der Waals surface area (Å²) < 4.78 is 2.27. The van der Waals surface area contributed by atoms with Crippen molar-refractivity contribution in [3.63, 3.8) is 0 Å². The summed E-state index contributed by atoms with van der Waals surface area (Å²) in [5.41, 5.74) is 2.99. The zero-order chi connectivity index (χ0) is 21.2. The molecule has 31 heavy (non-hydrogen) atoms. The molecule has 7 nitrogen and oxygen atoms in total. The molecule has 0 radical (unpaired) electrons. The second-order valence-electron chi connectivity index (χ2n) is 8.82. The molecule has 0 spiro atoms. The SMILES string of the molecule is CN(Cc1ccccc1)C(=O)[C@@H]1CCCN(c2ncnc3c2nc2n3CCCCC2)C1. The Morgan fingerprint density at radius 1 is 1.10 bits per heavy atom. The molecule has 1 aromatic carbocycles. The van der Waals surface area contributed by atoms with Gasteiger partial charge < -0.3 is 14.4 Å². The van der Waals surface area contributed by atoms with Crippen molar-refractivity contribution in [1.82, 2.24) is 24.4 Å². The Bertz CT molecular complexity index is 1060. The van der Waals surface area contributed by atoms with Gasteiger partial charge in [0.25, 0.3) is 0 Å². The van der Waals surface area contributed by atoms with Gasteiger partial charge >= 0.3 is 0 Å². The third-order valence-corrected chi connectivity index (χ3v) is 6.58. The van der Waals surface area contributed by atoms with E-state index in [1.54, 1.807) is 6.33 Å². The zero-order valence-electron chi connectivity index (χ0n) is 18.2. The Balaban J connectivity index is 1.35. The van der Waals surface area contributed by atoms with Crippen LogP contribution in [0.4, 0.5) is 5.82 Å². The van der Waals surface area contributed by atoms with Crippen LogP contribution < -0.4 is 4.90 Å². The first-order chi connectivity index (χ1) is 15.2. The highest BCUT2D eigenvalue weighted by Gasteiger charge is 2.30. The molecule has 2 aromatic heterocycles. The Morgan fingerprint density at radius 3 is 2.84 bits per heavy atom. The van der Waals surface area contributed by atoms with Gasteiger partial charge in [-0.05, 0) is 31.2 Å². The van der Waals surface area contributed by atoms with E-state index < -0.39 is 0 Å². The van der Waals surface area contributed by atoms with E-state index in [1.807, 2.05) is 30.1 Å². The molecule has 3 aromatic rings.